The van der Waals surface area contributed by atoms with E-state index in [9.17, 15) is 0 Å². The normalized spacial score (nSPS) is 5.44. The summed E-state index contributed by atoms with van der Waals surface area (Å²) in [6, 6.07) is 0. The molecule has 0 unspecified atom stereocenters. The van der Waals surface area contributed by atoms with Crippen molar-refractivity contribution < 1.29 is 9.53 Å². The number of methoxy groups -OCH3 is 1. The molecule has 0 spiro atoms. The second-order valence-electron chi connectivity index (χ2n) is 0.813. The molecular weight excluding hydrogens is 346 g/mol. The molecule has 0 fully saturated rings. The lowest BCUT2D eigenvalue weighted by molar-refractivity contribution is -0.106. The van der Waals surface area contributed by atoms with E-state index in [-0.39, 0.29) is 0 Å². The zero-order chi connectivity index (χ0) is 8.12. The van der Waals surface area contributed by atoms with Gasteiger partial charge in [0.05, 0.1) is 0 Å². The summed E-state index contributed by atoms with van der Waals surface area (Å²) in [5.74, 6) is 0. The molecule has 2 nitrogen and oxygen atoms in total. The third-order valence-electron chi connectivity index (χ3n) is 0.289. The molecule has 0 radical (unpaired) electrons. The van der Waals surface area contributed by atoms with Gasteiger partial charge in [0.2, 0.25) is 0 Å². The van der Waals surface area contributed by atoms with Crippen molar-refractivity contribution in [2.45, 2.75) is 13.8 Å². The van der Waals surface area contributed by atoms with Crippen LogP contribution >= 0.6 is 37.2 Å². The maximum Gasteiger partial charge on any atom is 0.116 e. The molecule has 0 saturated carbocycles. The molecule has 0 rings (SSSR count). The fraction of sp³-hybridized carbons (Fsp3) is 0.800. The molecular formula is C5H12I2O2. The number of aldehydes is 1. The summed E-state index contributed by atoms with van der Waals surface area (Å²) in [5.41, 5.74) is 0. The summed E-state index contributed by atoms with van der Waals surface area (Å²) >= 11 is 4.24. The molecule has 0 bridgehead atoms. The highest BCUT2D eigenvalue weighted by Crippen LogP contribution is 1.89. The van der Waals surface area contributed by atoms with Crippen molar-refractivity contribution in [1.29, 1.82) is 0 Å². The van der Waals surface area contributed by atoms with E-state index in [2.05, 4.69) is 42.0 Å². The predicted molar refractivity (Wildman–Crippen MR) is 57.3 cm³/mol. The van der Waals surface area contributed by atoms with Crippen LogP contribution in [-0.2, 0) is 9.53 Å². The molecule has 0 aromatic carbocycles. The van der Waals surface area contributed by atoms with Gasteiger partial charge in [-0.2, -0.15) is 0 Å². The van der Waals surface area contributed by atoms with Gasteiger partial charge in [-0.15, -0.1) is 0 Å². The van der Waals surface area contributed by atoms with Crippen LogP contribution in [0.1, 0.15) is 13.8 Å². The Bertz CT molecular complexity index is 32.1. The first-order valence-corrected chi connectivity index (χ1v) is 8.65. The lowest BCUT2D eigenvalue weighted by atomic mass is 10.9. The van der Waals surface area contributed by atoms with Crippen LogP contribution in [0.25, 0.3) is 0 Å². The highest BCUT2D eigenvalue weighted by molar-refractivity contribution is 15.0. The van der Waals surface area contributed by atoms with Crippen molar-refractivity contribution >= 4 is 43.5 Å². The summed E-state index contributed by atoms with van der Waals surface area (Å²) in [5, 5.41) is 0. The van der Waals surface area contributed by atoms with Crippen molar-refractivity contribution in [3.63, 3.8) is 0 Å². The summed E-state index contributed by atoms with van der Waals surface area (Å²) in [4.78, 5) is 8.81. The first-order valence-electron chi connectivity index (χ1n) is 2.36. The molecule has 0 aromatic heterocycles. The quantitative estimate of drug-likeness (QED) is 0.532. The Morgan fingerprint density at radius 3 is 1.67 bits per heavy atom. The molecule has 4 heteroatoms. The summed E-state index contributed by atoms with van der Waals surface area (Å²) in [7, 11) is 1.68. The number of hydrogen-bond donors (Lipinski definition) is 0. The molecule has 0 N–H and O–H groups in total. The van der Waals surface area contributed by atoms with Crippen molar-refractivity contribution in [2.75, 3.05) is 13.7 Å². The molecule has 0 saturated heterocycles. The average Bonchev–Trinajstić information content (AvgIpc) is 1.94. The Morgan fingerprint density at radius 2 is 1.67 bits per heavy atom. The van der Waals surface area contributed by atoms with E-state index in [1.165, 1.54) is 6.92 Å². The lowest BCUT2D eigenvalue weighted by Crippen LogP contribution is -1.73. The number of ether oxygens (including phenoxy) is 1. The lowest BCUT2D eigenvalue weighted by Gasteiger charge is -1.76. The van der Waals surface area contributed by atoms with Gasteiger partial charge in [0.1, 0.15) is 6.29 Å². The van der Waals surface area contributed by atoms with Crippen LogP contribution in [0.5, 0.6) is 0 Å². The Morgan fingerprint density at radius 1 is 1.56 bits per heavy atom. The second kappa shape index (κ2) is 35.6. The fourth-order valence-electron chi connectivity index (χ4n) is 0. The van der Waals surface area contributed by atoms with Gasteiger partial charge in [-0.25, -0.2) is 0 Å². The van der Waals surface area contributed by atoms with Gasteiger partial charge >= 0.3 is 0 Å². The number of carbonyl (C=O) groups is 1. The zero-order valence-electron chi connectivity index (χ0n) is 5.86. The van der Waals surface area contributed by atoms with Gasteiger partial charge in [0.15, 0.2) is 0 Å². The van der Waals surface area contributed by atoms with E-state index in [0.29, 0.717) is 0 Å². The average molecular weight is 358 g/mol. The molecule has 9 heavy (non-hydrogen) atoms. The van der Waals surface area contributed by atoms with Gasteiger partial charge in [0.25, 0.3) is 0 Å². The summed E-state index contributed by atoms with van der Waals surface area (Å²) in [6.45, 7) is 4.22. The van der Waals surface area contributed by atoms with Crippen molar-refractivity contribution in [3.05, 3.63) is 0 Å². The monoisotopic (exact) mass is 358 g/mol. The van der Waals surface area contributed by atoms with Crippen molar-refractivity contribution in [2.24, 2.45) is 0 Å². The smallest absolute Gasteiger partial charge is 0.116 e. The highest BCUT2D eigenvalue weighted by atomic mass is 128. The van der Waals surface area contributed by atoms with Crippen LogP contribution in [0.3, 0.4) is 0 Å². The van der Waals surface area contributed by atoms with Crippen LogP contribution in [0, 0.1) is 0 Å². The SMILES string of the molecule is CC=O.CCOC.II. The maximum absolute atomic E-state index is 8.81. The molecule has 0 aliphatic carbocycles. The highest BCUT2D eigenvalue weighted by Gasteiger charge is 1.51. The standard InChI is InChI=1S/C3H8O.C2H4O.I2/c1-3-4-2;1-2-3;1-2/h3H2,1-2H3;2H,1H3;. The van der Waals surface area contributed by atoms with Gasteiger partial charge in [0, 0.05) is 50.9 Å². The summed E-state index contributed by atoms with van der Waals surface area (Å²) < 4.78 is 4.54. The van der Waals surface area contributed by atoms with E-state index in [4.69, 9.17) is 4.79 Å². The zero-order valence-corrected chi connectivity index (χ0v) is 10.2. The molecule has 58 valence electrons. The molecule has 0 heterocycles. The number of carbonyl (C=O) groups excluding carboxylic acids is 1. The molecule has 0 aromatic rings. The maximum atomic E-state index is 8.81. The number of rotatable bonds is 1. The van der Waals surface area contributed by atoms with E-state index < -0.39 is 0 Å². The molecule has 0 aliphatic heterocycles. The van der Waals surface area contributed by atoms with Crippen molar-refractivity contribution in [1.82, 2.24) is 0 Å². The van der Waals surface area contributed by atoms with Crippen LogP contribution in [0.4, 0.5) is 0 Å². The molecule has 0 amide bonds. The number of halogens is 2. The predicted octanol–water partition coefficient (Wildman–Crippen LogP) is 2.63. The topological polar surface area (TPSA) is 26.3 Å². The van der Waals surface area contributed by atoms with Gasteiger partial charge < -0.3 is 9.53 Å². The van der Waals surface area contributed by atoms with Crippen molar-refractivity contribution in [3.8, 4) is 0 Å². The minimum absolute atomic E-state index is 0.750. The minimum Gasteiger partial charge on any atom is -0.385 e. The molecule has 0 atom stereocenters. The first kappa shape index (κ1) is 16.6. The minimum atomic E-state index is 0.750. The van der Waals surface area contributed by atoms with Crippen LogP contribution in [-0.4, -0.2) is 20.0 Å². The Balaban J connectivity index is -0.0000000646. The summed E-state index contributed by atoms with van der Waals surface area (Å²) in [6.07, 6.45) is 0.750. The number of hydrogen-bond acceptors (Lipinski definition) is 2. The van der Waals surface area contributed by atoms with Gasteiger partial charge in [-0.05, 0) is 13.8 Å². The van der Waals surface area contributed by atoms with E-state index in [1.807, 2.05) is 6.92 Å². The third-order valence-corrected chi connectivity index (χ3v) is 0.289. The fourth-order valence-corrected chi connectivity index (χ4v) is 0. The van der Waals surface area contributed by atoms with Crippen LogP contribution < -0.4 is 0 Å². The third kappa shape index (κ3) is 105. The van der Waals surface area contributed by atoms with Gasteiger partial charge in [-0.1, -0.05) is 0 Å². The molecule has 0 aliphatic rings. The Labute approximate surface area is 80.0 Å². The van der Waals surface area contributed by atoms with Crippen LogP contribution in [0.2, 0.25) is 0 Å². The van der Waals surface area contributed by atoms with E-state index in [0.717, 1.165) is 12.9 Å². The largest absolute Gasteiger partial charge is 0.385 e. The Hall–Kier alpha value is 1.09. The Kier molecular flexibility index (Phi) is 65.5. The first-order chi connectivity index (χ1) is 4.33. The van der Waals surface area contributed by atoms with Gasteiger partial charge in [-0.3, -0.25) is 0 Å². The van der Waals surface area contributed by atoms with Crippen LogP contribution in [0.15, 0.2) is 0 Å². The van der Waals surface area contributed by atoms with E-state index in [1.54, 1.807) is 7.11 Å². The van der Waals surface area contributed by atoms with E-state index >= 15 is 0 Å². The second-order valence-corrected chi connectivity index (χ2v) is 0.813.